The van der Waals surface area contributed by atoms with Gasteiger partial charge in [0.2, 0.25) is 5.91 Å². The number of hydrogen-bond acceptors (Lipinski definition) is 2. The standard InChI is InChI=1S/C20H25NO2/c1-14(2)23-18-9-7-6-8-17(18)21-19(22)20(4,5)16-12-10-15(3)11-13-16/h6-14H,1-5H3,(H,21,22). The summed E-state index contributed by atoms with van der Waals surface area (Å²) in [4.78, 5) is 12.8. The molecule has 0 bridgehead atoms. The van der Waals surface area contributed by atoms with Crippen molar-refractivity contribution in [2.24, 2.45) is 0 Å². The zero-order chi connectivity index (χ0) is 17.0. The van der Waals surface area contributed by atoms with E-state index in [0.717, 1.165) is 5.56 Å². The van der Waals surface area contributed by atoms with E-state index in [4.69, 9.17) is 4.74 Å². The van der Waals surface area contributed by atoms with Crippen molar-refractivity contribution in [1.29, 1.82) is 0 Å². The van der Waals surface area contributed by atoms with Gasteiger partial charge in [0.1, 0.15) is 5.75 Å². The molecule has 1 amide bonds. The number of carbonyl (C=O) groups is 1. The van der Waals surface area contributed by atoms with Crippen LogP contribution in [0.2, 0.25) is 0 Å². The SMILES string of the molecule is Cc1ccc(C(C)(C)C(=O)Nc2ccccc2OC(C)C)cc1. The van der Waals surface area contributed by atoms with Gasteiger partial charge in [0.25, 0.3) is 0 Å². The van der Waals surface area contributed by atoms with Crippen LogP contribution in [0.15, 0.2) is 48.5 Å². The molecule has 0 fully saturated rings. The second-order valence-corrected chi connectivity index (χ2v) is 6.61. The fraction of sp³-hybridized carbons (Fsp3) is 0.350. The lowest BCUT2D eigenvalue weighted by Gasteiger charge is -2.25. The molecule has 3 nitrogen and oxygen atoms in total. The van der Waals surface area contributed by atoms with Crippen molar-refractivity contribution in [3.8, 4) is 5.75 Å². The van der Waals surface area contributed by atoms with Crippen molar-refractivity contribution in [3.05, 3.63) is 59.7 Å². The fourth-order valence-corrected chi connectivity index (χ4v) is 2.31. The minimum atomic E-state index is -0.626. The van der Waals surface area contributed by atoms with Gasteiger partial charge in [-0.25, -0.2) is 0 Å². The highest BCUT2D eigenvalue weighted by molar-refractivity contribution is 5.99. The van der Waals surface area contributed by atoms with Crippen molar-refractivity contribution in [2.75, 3.05) is 5.32 Å². The minimum absolute atomic E-state index is 0.0539. The van der Waals surface area contributed by atoms with Crippen molar-refractivity contribution < 1.29 is 9.53 Å². The number of amides is 1. The maximum absolute atomic E-state index is 12.8. The average molecular weight is 311 g/mol. The Labute approximate surface area is 138 Å². The van der Waals surface area contributed by atoms with Crippen molar-refractivity contribution in [3.63, 3.8) is 0 Å². The van der Waals surface area contributed by atoms with Crippen LogP contribution < -0.4 is 10.1 Å². The Bertz CT molecular complexity index is 672. The molecule has 1 N–H and O–H groups in total. The van der Waals surface area contributed by atoms with Gasteiger partial charge in [-0.15, -0.1) is 0 Å². The summed E-state index contributed by atoms with van der Waals surface area (Å²) in [5, 5.41) is 3.01. The number of benzene rings is 2. The number of nitrogens with one attached hydrogen (secondary N) is 1. The maximum Gasteiger partial charge on any atom is 0.234 e. The lowest BCUT2D eigenvalue weighted by molar-refractivity contribution is -0.120. The van der Waals surface area contributed by atoms with Gasteiger partial charge in [0.05, 0.1) is 17.2 Å². The number of para-hydroxylation sites is 2. The van der Waals surface area contributed by atoms with Crippen LogP contribution in [0.3, 0.4) is 0 Å². The maximum atomic E-state index is 12.8. The number of hydrogen-bond donors (Lipinski definition) is 1. The molecule has 0 unspecified atom stereocenters. The number of ether oxygens (including phenoxy) is 1. The average Bonchev–Trinajstić information content (AvgIpc) is 2.49. The largest absolute Gasteiger partial charge is 0.489 e. The van der Waals surface area contributed by atoms with E-state index in [-0.39, 0.29) is 12.0 Å². The quantitative estimate of drug-likeness (QED) is 0.869. The van der Waals surface area contributed by atoms with E-state index in [1.807, 2.05) is 83.1 Å². The van der Waals surface area contributed by atoms with Crippen LogP contribution in [0, 0.1) is 6.92 Å². The number of anilines is 1. The third-order valence-electron chi connectivity index (χ3n) is 3.84. The molecule has 0 heterocycles. The number of aryl methyl sites for hydroxylation is 1. The molecule has 0 aliphatic heterocycles. The molecule has 0 spiro atoms. The number of rotatable bonds is 5. The molecular formula is C20H25NO2. The highest BCUT2D eigenvalue weighted by atomic mass is 16.5. The Morgan fingerprint density at radius 1 is 1.04 bits per heavy atom. The molecule has 0 atom stereocenters. The molecule has 2 aromatic rings. The Balaban J connectivity index is 2.23. The highest BCUT2D eigenvalue weighted by Crippen LogP contribution is 2.29. The third-order valence-corrected chi connectivity index (χ3v) is 3.84. The summed E-state index contributed by atoms with van der Waals surface area (Å²) in [6.07, 6.45) is 0.0539. The van der Waals surface area contributed by atoms with Crippen LogP contribution in [-0.2, 0) is 10.2 Å². The highest BCUT2D eigenvalue weighted by Gasteiger charge is 2.30. The normalized spacial score (nSPS) is 11.4. The minimum Gasteiger partial charge on any atom is -0.489 e. The van der Waals surface area contributed by atoms with Crippen LogP contribution in [0.25, 0.3) is 0 Å². The van der Waals surface area contributed by atoms with Gasteiger partial charge in [0.15, 0.2) is 0 Å². The van der Waals surface area contributed by atoms with Crippen LogP contribution in [0.5, 0.6) is 5.75 Å². The van der Waals surface area contributed by atoms with Gasteiger partial charge in [0, 0.05) is 0 Å². The number of carbonyl (C=O) groups excluding carboxylic acids is 1. The molecule has 122 valence electrons. The first-order valence-electron chi connectivity index (χ1n) is 7.95. The molecule has 0 saturated carbocycles. The van der Waals surface area contributed by atoms with Crippen molar-refractivity contribution in [1.82, 2.24) is 0 Å². The molecular weight excluding hydrogens is 286 g/mol. The van der Waals surface area contributed by atoms with Gasteiger partial charge in [-0.05, 0) is 52.3 Å². The smallest absolute Gasteiger partial charge is 0.234 e. The first kappa shape index (κ1) is 17.1. The van der Waals surface area contributed by atoms with Crippen molar-refractivity contribution in [2.45, 2.75) is 46.1 Å². The summed E-state index contributed by atoms with van der Waals surface area (Å²) < 4.78 is 5.77. The lowest BCUT2D eigenvalue weighted by Crippen LogP contribution is -2.34. The van der Waals surface area contributed by atoms with Crippen LogP contribution >= 0.6 is 0 Å². The first-order chi connectivity index (χ1) is 10.8. The molecule has 2 aromatic carbocycles. The summed E-state index contributed by atoms with van der Waals surface area (Å²) in [7, 11) is 0. The third kappa shape index (κ3) is 4.13. The predicted octanol–water partition coefficient (Wildman–Crippen LogP) is 4.70. The molecule has 0 saturated heterocycles. The van der Waals surface area contributed by atoms with Gasteiger partial charge < -0.3 is 10.1 Å². The van der Waals surface area contributed by atoms with E-state index in [1.54, 1.807) is 0 Å². The van der Waals surface area contributed by atoms with E-state index in [1.165, 1.54) is 5.56 Å². The zero-order valence-electron chi connectivity index (χ0n) is 14.5. The summed E-state index contributed by atoms with van der Waals surface area (Å²) in [6.45, 7) is 9.83. The Kier molecular flexibility index (Phi) is 5.09. The molecule has 0 radical (unpaired) electrons. The van der Waals surface area contributed by atoms with E-state index >= 15 is 0 Å². The zero-order valence-corrected chi connectivity index (χ0v) is 14.5. The van der Waals surface area contributed by atoms with Gasteiger partial charge in [-0.1, -0.05) is 42.0 Å². The molecule has 23 heavy (non-hydrogen) atoms. The monoisotopic (exact) mass is 311 g/mol. The molecule has 3 heteroatoms. The predicted molar refractivity (Wildman–Crippen MR) is 95.0 cm³/mol. The van der Waals surface area contributed by atoms with E-state index in [9.17, 15) is 4.79 Å². The molecule has 0 aliphatic rings. The lowest BCUT2D eigenvalue weighted by atomic mass is 9.83. The van der Waals surface area contributed by atoms with E-state index in [0.29, 0.717) is 11.4 Å². The van der Waals surface area contributed by atoms with Crippen LogP contribution in [0.1, 0.15) is 38.8 Å². The fourth-order valence-electron chi connectivity index (χ4n) is 2.31. The Hall–Kier alpha value is -2.29. The molecule has 2 rings (SSSR count). The first-order valence-corrected chi connectivity index (χ1v) is 7.95. The summed E-state index contributed by atoms with van der Waals surface area (Å²) in [6, 6.07) is 15.6. The molecule has 0 aromatic heterocycles. The summed E-state index contributed by atoms with van der Waals surface area (Å²) in [5.74, 6) is 0.636. The van der Waals surface area contributed by atoms with Crippen LogP contribution in [0.4, 0.5) is 5.69 Å². The summed E-state index contributed by atoms with van der Waals surface area (Å²) >= 11 is 0. The Morgan fingerprint density at radius 2 is 1.65 bits per heavy atom. The summed E-state index contributed by atoms with van der Waals surface area (Å²) in [5.41, 5.74) is 2.24. The molecule has 0 aliphatic carbocycles. The van der Waals surface area contributed by atoms with Crippen molar-refractivity contribution >= 4 is 11.6 Å². The van der Waals surface area contributed by atoms with Crippen LogP contribution in [-0.4, -0.2) is 12.0 Å². The van der Waals surface area contributed by atoms with Gasteiger partial charge in [-0.2, -0.15) is 0 Å². The van der Waals surface area contributed by atoms with E-state index < -0.39 is 5.41 Å². The Morgan fingerprint density at radius 3 is 2.26 bits per heavy atom. The van der Waals surface area contributed by atoms with E-state index in [2.05, 4.69) is 5.32 Å². The topological polar surface area (TPSA) is 38.3 Å². The van der Waals surface area contributed by atoms with Gasteiger partial charge in [-0.3, -0.25) is 4.79 Å². The second kappa shape index (κ2) is 6.86. The second-order valence-electron chi connectivity index (χ2n) is 6.61. The van der Waals surface area contributed by atoms with Gasteiger partial charge >= 0.3 is 0 Å².